The van der Waals surface area contributed by atoms with E-state index in [1.165, 1.54) is 6.26 Å². The smallest absolute Gasteiger partial charge is 0.435 e. The lowest BCUT2D eigenvalue weighted by Crippen LogP contribution is -2.60. The highest BCUT2D eigenvalue weighted by Crippen LogP contribution is 2.30. The zero-order valence-electron chi connectivity index (χ0n) is 16.9. The third kappa shape index (κ3) is 12.3. The van der Waals surface area contributed by atoms with Crippen LogP contribution in [-0.4, -0.2) is 39.7 Å². The molecule has 0 atom stereocenters. The molecule has 0 amide bonds. The van der Waals surface area contributed by atoms with Crippen LogP contribution in [0.3, 0.4) is 0 Å². The molecule has 0 heterocycles. The third-order valence-corrected chi connectivity index (χ3v) is 14.5. The SMILES string of the molecule is C=COC(=O)CCC[Si](O[Si](C)(C)C)(O[Si](C)(C)C)O[Si](C)(C)C. The summed E-state index contributed by atoms with van der Waals surface area (Å²) in [7, 11) is -8.42. The van der Waals surface area contributed by atoms with Crippen LogP contribution in [0.2, 0.25) is 65.0 Å². The molecule has 0 aliphatic carbocycles. The number of carbonyl (C=O) groups is 1. The maximum Gasteiger partial charge on any atom is 0.469 e. The van der Waals surface area contributed by atoms with E-state index in [-0.39, 0.29) is 5.97 Å². The van der Waals surface area contributed by atoms with Gasteiger partial charge in [0.1, 0.15) is 0 Å². The van der Waals surface area contributed by atoms with E-state index in [2.05, 4.69) is 65.5 Å². The van der Waals surface area contributed by atoms with E-state index in [0.29, 0.717) is 18.9 Å². The molecular formula is C15H36O5Si4. The predicted octanol–water partition coefficient (Wildman–Crippen LogP) is 4.95. The molecule has 0 unspecified atom stereocenters. The molecule has 0 spiro atoms. The van der Waals surface area contributed by atoms with Gasteiger partial charge in [0.05, 0.1) is 6.26 Å². The Morgan fingerprint density at radius 1 is 0.833 bits per heavy atom. The molecule has 24 heavy (non-hydrogen) atoms. The van der Waals surface area contributed by atoms with Gasteiger partial charge in [-0.3, -0.25) is 4.79 Å². The lowest BCUT2D eigenvalue weighted by Gasteiger charge is -2.42. The van der Waals surface area contributed by atoms with Crippen molar-refractivity contribution in [2.24, 2.45) is 0 Å². The first-order valence-corrected chi connectivity index (χ1v) is 20.6. The van der Waals surface area contributed by atoms with Gasteiger partial charge in [-0.05, 0) is 65.3 Å². The van der Waals surface area contributed by atoms with E-state index in [4.69, 9.17) is 17.1 Å². The number of rotatable bonds is 11. The lowest BCUT2D eigenvalue weighted by molar-refractivity contribution is -0.138. The van der Waals surface area contributed by atoms with Gasteiger partial charge in [-0.25, -0.2) is 0 Å². The molecule has 9 heteroatoms. The highest BCUT2D eigenvalue weighted by atomic mass is 28.5. The topological polar surface area (TPSA) is 54.0 Å². The van der Waals surface area contributed by atoms with E-state index >= 15 is 0 Å². The molecule has 0 aromatic carbocycles. The highest BCUT2D eigenvalue weighted by Gasteiger charge is 2.49. The van der Waals surface area contributed by atoms with Crippen LogP contribution >= 0.6 is 0 Å². The molecule has 0 rings (SSSR count). The lowest BCUT2D eigenvalue weighted by atomic mass is 10.3. The minimum absolute atomic E-state index is 0.276. The average Bonchev–Trinajstić information content (AvgIpc) is 2.20. The zero-order chi connectivity index (χ0) is 19.2. The molecule has 0 bridgehead atoms. The molecule has 0 aliphatic heterocycles. The van der Waals surface area contributed by atoms with Crippen LogP contribution in [0.15, 0.2) is 12.8 Å². The fraction of sp³-hybridized carbons (Fsp3) is 0.800. The number of hydrogen-bond acceptors (Lipinski definition) is 5. The normalized spacial score (nSPS) is 13.7. The molecule has 0 saturated carbocycles. The summed E-state index contributed by atoms with van der Waals surface area (Å²) in [6.07, 6.45) is 2.13. The largest absolute Gasteiger partial charge is 0.469 e. The summed E-state index contributed by atoms with van der Waals surface area (Å²) >= 11 is 0. The first-order valence-electron chi connectivity index (χ1n) is 8.48. The molecule has 142 valence electrons. The van der Waals surface area contributed by atoms with Crippen LogP contribution < -0.4 is 0 Å². The third-order valence-electron chi connectivity index (χ3n) is 2.46. The summed E-state index contributed by atoms with van der Waals surface area (Å²) in [5.41, 5.74) is 0. The van der Waals surface area contributed by atoms with Crippen molar-refractivity contribution in [3.63, 3.8) is 0 Å². The second-order valence-corrected chi connectivity index (χ2v) is 25.8. The molecule has 0 saturated heterocycles. The van der Waals surface area contributed by atoms with Crippen molar-refractivity contribution in [1.82, 2.24) is 0 Å². The van der Waals surface area contributed by atoms with Gasteiger partial charge < -0.3 is 17.1 Å². The fourth-order valence-corrected chi connectivity index (χ4v) is 16.9. The summed E-state index contributed by atoms with van der Waals surface area (Å²) in [6.45, 7) is 22.8. The van der Waals surface area contributed by atoms with Crippen molar-refractivity contribution in [2.45, 2.75) is 77.8 Å². The second kappa shape index (κ2) is 9.06. The van der Waals surface area contributed by atoms with Gasteiger partial charge in [0, 0.05) is 12.5 Å². The van der Waals surface area contributed by atoms with Gasteiger partial charge in [-0.1, -0.05) is 6.58 Å². The maximum atomic E-state index is 11.6. The van der Waals surface area contributed by atoms with Gasteiger partial charge in [0.2, 0.25) is 0 Å². The summed E-state index contributed by atoms with van der Waals surface area (Å²) in [6, 6.07) is 0.651. The molecule has 0 fully saturated rings. The minimum Gasteiger partial charge on any atom is -0.435 e. The highest BCUT2D eigenvalue weighted by molar-refractivity contribution is 6.90. The molecule has 5 nitrogen and oxygen atoms in total. The maximum absolute atomic E-state index is 11.6. The number of carbonyl (C=O) groups excluding carboxylic acids is 1. The Labute approximate surface area is 152 Å². The Morgan fingerprint density at radius 2 is 1.21 bits per heavy atom. The van der Waals surface area contributed by atoms with E-state index in [9.17, 15) is 4.79 Å². The molecule has 0 aromatic rings. The van der Waals surface area contributed by atoms with Crippen molar-refractivity contribution >= 4 is 39.7 Å². The average molecular weight is 409 g/mol. The van der Waals surface area contributed by atoms with Crippen molar-refractivity contribution in [2.75, 3.05) is 0 Å². The Balaban J connectivity index is 5.38. The van der Waals surface area contributed by atoms with E-state index < -0.39 is 33.8 Å². The van der Waals surface area contributed by atoms with Gasteiger partial charge >= 0.3 is 14.8 Å². The monoisotopic (exact) mass is 408 g/mol. The predicted molar refractivity (Wildman–Crippen MR) is 109 cm³/mol. The van der Waals surface area contributed by atoms with Gasteiger partial charge in [-0.15, -0.1) is 0 Å². The second-order valence-electron chi connectivity index (χ2n) is 8.84. The quantitative estimate of drug-likeness (QED) is 0.275. The van der Waals surface area contributed by atoms with Crippen LogP contribution in [0, 0.1) is 0 Å². The van der Waals surface area contributed by atoms with Gasteiger partial charge in [-0.2, -0.15) is 0 Å². The van der Waals surface area contributed by atoms with E-state index in [1.54, 1.807) is 0 Å². The van der Waals surface area contributed by atoms with Gasteiger partial charge in [0.25, 0.3) is 0 Å². The Morgan fingerprint density at radius 3 is 1.50 bits per heavy atom. The number of hydrogen-bond donors (Lipinski definition) is 0. The van der Waals surface area contributed by atoms with Crippen LogP contribution in [0.25, 0.3) is 0 Å². The van der Waals surface area contributed by atoms with Crippen LogP contribution in [0.4, 0.5) is 0 Å². The van der Waals surface area contributed by atoms with Crippen LogP contribution in [-0.2, 0) is 21.9 Å². The minimum atomic E-state index is -2.84. The fourth-order valence-electron chi connectivity index (χ4n) is 2.22. The molecule has 0 aliphatic rings. The Kier molecular flexibility index (Phi) is 9.04. The van der Waals surface area contributed by atoms with Crippen LogP contribution in [0.5, 0.6) is 0 Å². The standard InChI is InChI=1S/C15H36O5Si4/c1-11-17-15(16)13-12-14-24(18-21(2,3)4,19-22(5,6)7)20-23(8,9)10/h11H,1,12-14H2,2-10H3. The van der Waals surface area contributed by atoms with Crippen molar-refractivity contribution in [3.8, 4) is 0 Å². The molecular weight excluding hydrogens is 373 g/mol. The van der Waals surface area contributed by atoms with Gasteiger partial charge in [0.15, 0.2) is 25.0 Å². The summed E-state index contributed by atoms with van der Waals surface area (Å²) in [4.78, 5) is 11.6. The molecule has 0 radical (unpaired) electrons. The number of ether oxygens (including phenoxy) is 1. The van der Waals surface area contributed by atoms with Crippen molar-refractivity contribution < 1.29 is 21.9 Å². The number of esters is 1. The summed E-state index contributed by atoms with van der Waals surface area (Å²) in [5.74, 6) is -0.276. The van der Waals surface area contributed by atoms with Crippen molar-refractivity contribution in [3.05, 3.63) is 12.8 Å². The summed E-state index contributed by atoms with van der Waals surface area (Å²) in [5, 5.41) is 0. The first-order chi connectivity index (χ1) is 10.6. The Hall–Kier alpha value is -0.0425. The van der Waals surface area contributed by atoms with E-state index in [0.717, 1.165) is 0 Å². The molecule has 0 N–H and O–H groups in total. The van der Waals surface area contributed by atoms with Crippen molar-refractivity contribution in [1.29, 1.82) is 0 Å². The zero-order valence-corrected chi connectivity index (χ0v) is 20.9. The summed E-state index contributed by atoms with van der Waals surface area (Å²) < 4.78 is 24.5. The van der Waals surface area contributed by atoms with E-state index in [1.807, 2.05) is 0 Å². The first kappa shape index (κ1) is 24.0. The Bertz CT molecular complexity index is 380. The molecule has 0 aromatic heterocycles. The van der Waals surface area contributed by atoms with Crippen LogP contribution in [0.1, 0.15) is 12.8 Å².